The van der Waals surface area contributed by atoms with Crippen molar-refractivity contribution in [1.82, 2.24) is 10.2 Å². The summed E-state index contributed by atoms with van der Waals surface area (Å²) in [6.07, 6.45) is 1.81. The number of carbonyl (C=O) groups is 1. The van der Waals surface area contributed by atoms with Crippen LogP contribution in [0, 0.1) is 24.2 Å². The molecule has 0 bridgehead atoms. The van der Waals surface area contributed by atoms with Crippen LogP contribution in [0.15, 0.2) is 24.3 Å². The molecular formula is C15H19N3O. The molecule has 0 spiro atoms. The van der Waals surface area contributed by atoms with Crippen LogP contribution in [0.5, 0.6) is 0 Å². The van der Waals surface area contributed by atoms with Crippen molar-refractivity contribution in [3.63, 3.8) is 0 Å². The first-order valence-corrected chi connectivity index (χ1v) is 6.67. The van der Waals surface area contributed by atoms with Crippen molar-refractivity contribution >= 4 is 6.03 Å². The Morgan fingerprint density at radius 2 is 2.21 bits per heavy atom. The first-order chi connectivity index (χ1) is 9.19. The minimum absolute atomic E-state index is 0.0149. The summed E-state index contributed by atoms with van der Waals surface area (Å²) < 4.78 is 0. The molecule has 0 aromatic heterocycles. The molecule has 0 saturated carbocycles. The van der Waals surface area contributed by atoms with E-state index in [-0.39, 0.29) is 11.9 Å². The number of nitriles is 1. The van der Waals surface area contributed by atoms with Crippen molar-refractivity contribution in [2.24, 2.45) is 5.92 Å². The largest absolute Gasteiger partial charge is 0.334 e. The number of carbonyl (C=O) groups excluding carboxylic acids is 1. The molecule has 1 fully saturated rings. The summed E-state index contributed by atoms with van der Waals surface area (Å²) >= 11 is 0. The summed E-state index contributed by atoms with van der Waals surface area (Å²) in [5.41, 5.74) is 2.30. The molecular weight excluding hydrogens is 238 g/mol. The zero-order valence-corrected chi connectivity index (χ0v) is 11.2. The van der Waals surface area contributed by atoms with Gasteiger partial charge in [-0.15, -0.1) is 0 Å². The first-order valence-electron chi connectivity index (χ1n) is 6.67. The molecule has 1 atom stereocenters. The number of nitrogens with one attached hydrogen (secondary N) is 1. The van der Waals surface area contributed by atoms with Gasteiger partial charge in [-0.3, -0.25) is 0 Å². The van der Waals surface area contributed by atoms with Crippen molar-refractivity contribution in [1.29, 1.82) is 5.26 Å². The fourth-order valence-corrected chi connectivity index (χ4v) is 2.26. The highest BCUT2D eigenvalue weighted by molar-refractivity contribution is 5.74. The number of hydrogen-bond donors (Lipinski definition) is 1. The lowest BCUT2D eigenvalue weighted by Crippen LogP contribution is -2.45. The summed E-state index contributed by atoms with van der Waals surface area (Å²) in [6, 6.07) is 10.3. The van der Waals surface area contributed by atoms with Crippen LogP contribution in [0.4, 0.5) is 4.79 Å². The predicted molar refractivity (Wildman–Crippen MR) is 73.3 cm³/mol. The van der Waals surface area contributed by atoms with Gasteiger partial charge in [-0.2, -0.15) is 5.26 Å². The van der Waals surface area contributed by atoms with E-state index in [0.717, 1.165) is 24.9 Å². The Kier molecular flexibility index (Phi) is 4.40. The summed E-state index contributed by atoms with van der Waals surface area (Å²) in [5.74, 6) is -0.0149. The van der Waals surface area contributed by atoms with Gasteiger partial charge in [0, 0.05) is 19.6 Å². The van der Waals surface area contributed by atoms with Crippen LogP contribution >= 0.6 is 0 Å². The van der Waals surface area contributed by atoms with Gasteiger partial charge >= 0.3 is 6.03 Å². The Morgan fingerprint density at radius 3 is 2.89 bits per heavy atom. The number of benzene rings is 1. The van der Waals surface area contributed by atoms with E-state index >= 15 is 0 Å². The lowest BCUT2D eigenvalue weighted by Gasteiger charge is -2.29. The second-order valence-corrected chi connectivity index (χ2v) is 5.06. The van der Waals surface area contributed by atoms with Crippen LogP contribution in [0.25, 0.3) is 0 Å². The van der Waals surface area contributed by atoms with Crippen LogP contribution in [0.1, 0.15) is 24.0 Å². The second-order valence-electron chi connectivity index (χ2n) is 5.06. The Morgan fingerprint density at radius 1 is 1.47 bits per heavy atom. The van der Waals surface area contributed by atoms with E-state index in [9.17, 15) is 4.79 Å². The highest BCUT2D eigenvalue weighted by Crippen LogP contribution is 2.15. The smallest absolute Gasteiger partial charge is 0.317 e. The highest BCUT2D eigenvalue weighted by Gasteiger charge is 2.22. The first kappa shape index (κ1) is 13.4. The number of amides is 2. The SMILES string of the molecule is Cc1ccc(CNC(=O)N2CCCC(C#N)C2)cc1. The number of aryl methyl sites for hydroxylation is 1. The number of hydrogen-bond acceptors (Lipinski definition) is 2. The zero-order valence-electron chi connectivity index (χ0n) is 11.2. The average Bonchev–Trinajstić information content (AvgIpc) is 2.46. The van der Waals surface area contributed by atoms with Gasteiger partial charge < -0.3 is 10.2 Å². The molecule has 1 heterocycles. The van der Waals surface area contributed by atoms with Gasteiger partial charge in [0.05, 0.1) is 12.0 Å². The normalized spacial score (nSPS) is 18.7. The quantitative estimate of drug-likeness (QED) is 0.884. The van der Waals surface area contributed by atoms with Crippen molar-refractivity contribution in [3.8, 4) is 6.07 Å². The van der Waals surface area contributed by atoms with Crippen LogP contribution in [0.3, 0.4) is 0 Å². The molecule has 1 aliphatic heterocycles. The van der Waals surface area contributed by atoms with E-state index in [1.807, 2.05) is 31.2 Å². The maximum Gasteiger partial charge on any atom is 0.317 e. The van der Waals surface area contributed by atoms with Crippen LogP contribution in [-0.2, 0) is 6.54 Å². The Hall–Kier alpha value is -2.02. The third-order valence-electron chi connectivity index (χ3n) is 3.46. The van der Waals surface area contributed by atoms with E-state index in [4.69, 9.17) is 5.26 Å². The molecule has 1 saturated heterocycles. The number of rotatable bonds is 2. The molecule has 0 radical (unpaired) electrons. The predicted octanol–water partition coefficient (Wildman–Crippen LogP) is 2.44. The summed E-state index contributed by atoms with van der Waals surface area (Å²) in [7, 11) is 0. The minimum Gasteiger partial charge on any atom is -0.334 e. The molecule has 1 N–H and O–H groups in total. The molecule has 1 aromatic carbocycles. The minimum atomic E-state index is -0.0690. The van der Waals surface area contributed by atoms with Crippen molar-refractivity contribution in [2.45, 2.75) is 26.3 Å². The highest BCUT2D eigenvalue weighted by atomic mass is 16.2. The van der Waals surface area contributed by atoms with Gasteiger partial charge in [0.2, 0.25) is 0 Å². The van der Waals surface area contributed by atoms with E-state index in [1.54, 1.807) is 4.90 Å². The van der Waals surface area contributed by atoms with E-state index in [2.05, 4.69) is 11.4 Å². The topological polar surface area (TPSA) is 56.1 Å². The van der Waals surface area contributed by atoms with Gasteiger partial charge in [-0.1, -0.05) is 29.8 Å². The Balaban J connectivity index is 1.84. The van der Waals surface area contributed by atoms with E-state index in [0.29, 0.717) is 13.1 Å². The fraction of sp³-hybridized carbons (Fsp3) is 0.467. The zero-order chi connectivity index (χ0) is 13.7. The van der Waals surface area contributed by atoms with Gasteiger partial charge in [-0.25, -0.2) is 4.79 Å². The number of nitrogens with zero attached hydrogens (tertiary/aromatic N) is 2. The molecule has 2 amide bonds. The lowest BCUT2D eigenvalue weighted by atomic mass is 10.0. The molecule has 4 nitrogen and oxygen atoms in total. The number of urea groups is 1. The summed E-state index contributed by atoms with van der Waals surface area (Å²) in [4.78, 5) is 13.7. The number of piperidine rings is 1. The van der Waals surface area contributed by atoms with Crippen molar-refractivity contribution in [3.05, 3.63) is 35.4 Å². The van der Waals surface area contributed by atoms with Crippen molar-refractivity contribution in [2.75, 3.05) is 13.1 Å². The van der Waals surface area contributed by atoms with Gasteiger partial charge in [0.15, 0.2) is 0 Å². The van der Waals surface area contributed by atoms with Crippen molar-refractivity contribution < 1.29 is 4.79 Å². The monoisotopic (exact) mass is 257 g/mol. The van der Waals surface area contributed by atoms with E-state index < -0.39 is 0 Å². The molecule has 1 unspecified atom stereocenters. The molecule has 100 valence electrons. The third kappa shape index (κ3) is 3.72. The second kappa shape index (κ2) is 6.24. The molecule has 2 rings (SSSR count). The van der Waals surface area contributed by atoms with Gasteiger partial charge in [0.25, 0.3) is 0 Å². The molecule has 0 aliphatic carbocycles. The van der Waals surface area contributed by atoms with E-state index in [1.165, 1.54) is 5.56 Å². The van der Waals surface area contributed by atoms with Crippen LogP contribution in [-0.4, -0.2) is 24.0 Å². The maximum atomic E-state index is 12.0. The molecule has 19 heavy (non-hydrogen) atoms. The van der Waals surface area contributed by atoms with Crippen LogP contribution < -0.4 is 5.32 Å². The lowest BCUT2D eigenvalue weighted by molar-refractivity contribution is 0.176. The van der Waals surface area contributed by atoms with Gasteiger partial charge in [-0.05, 0) is 25.3 Å². The Bertz CT molecular complexity index is 475. The maximum absolute atomic E-state index is 12.0. The standard InChI is InChI=1S/C15H19N3O/c1-12-4-6-13(7-5-12)10-17-15(19)18-8-2-3-14(9-16)11-18/h4-7,14H,2-3,8,10-11H2,1H3,(H,17,19). The molecule has 1 aliphatic rings. The summed E-state index contributed by atoms with van der Waals surface area (Å²) in [6.45, 7) is 3.87. The summed E-state index contributed by atoms with van der Waals surface area (Å²) in [5, 5.41) is 11.8. The average molecular weight is 257 g/mol. The molecule has 1 aromatic rings. The Labute approximate surface area is 114 Å². The van der Waals surface area contributed by atoms with Gasteiger partial charge in [0.1, 0.15) is 0 Å². The fourth-order valence-electron chi connectivity index (χ4n) is 2.26. The molecule has 4 heteroatoms. The van der Waals surface area contributed by atoms with Crippen LogP contribution in [0.2, 0.25) is 0 Å². The number of likely N-dealkylation sites (tertiary alicyclic amines) is 1. The third-order valence-corrected chi connectivity index (χ3v) is 3.46.